The van der Waals surface area contributed by atoms with Crippen molar-refractivity contribution < 1.29 is 14.3 Å². The van der Waals surface area contributed by atoms with Gasteiger partial charge in [0.2, 0.25) is 12.7 Å². The van der Waals surface area contributed by atoms with E-state index in [2.05, 4.69) is 15.5 Å². The van der Waals surface area contributed by atoms with Crippen molar-refractivity contribution in [2.45, 2.75) is 10.1 Å². The second-order valence-corrected chi connectivity index (χ2v) is 8.87. The molecule has 1 N–H and O–H groups in total. The molecule has 33 heavy (non-hydrogen) atoms. The molecule has 0 unspecified atom stereocenters. The molecule has 9 heteroatoms. The Kier molecular flexibility index (Phi) is 6.23. The summed E-state index contributed by atoms with van der Waals surface area (Å²) in [5.41, 5.74) is 2.56. The van der Waals surface area contributed by atoms with Gasteiger partial charge in [0.15, 0.2) is 22.5 Å². The third-order valence-corrected chi connectivity index (χ3v) is 6.72. The molecule has 1 aromatic heterocycles. The molecule has 1 aliphatic rings. The number of nitrogens with zero attached hydrogens (tertiary/aromatic N) is 3. The molecule has 4 aromatic rings. The fourth-order valence-electron chi connectivity index (χ4n) is 3.46. The zero-order valence-corrected chi connectivity index (χ0v) is 19.4. The van der Waals surface area contributed by atoms with E-state index in [1.165, 1.54) is 11.8 Å². The summed E-state index contributed by atoms with van der Waals surface area (Å²) in [5.74, 6) is 2.15. The first-order valence-electron chi connectivity index (χ1n) is 10.2. The number of para-hydroxylation sites is 2. The second-order valence-electron chi connectivity index (χ2n) is 7.08. The molecule has 0 aliphatic carbocycles. The molecule has 166 valence electrons. The van der Waals surface area contributed by atoms with Crippen LogP contribution in [0.2, 0.25) is 0 Å². The molecule has 7 nitrogen and oxygen atoms in total. The highest BCUT2D eigenvalue weighted by molar-refractivity contribution is 7.99. The maximum atomic E-state index is 12.7. The van der Waals surface area contributed by atoms with Gasteiger partial charge in [-0.1, -0.05) is 42.1 Å². The van der Waals surface area contributed by atoms with Crippen molar-refractivity contribution in [3.05, 3.63) is 72.8 Å². The number of fused-ring (bicyclic) bond motifs is 1. The Morgan fingerprint density at radius 2 is 1.79 bits per heavy atom. The molecule has 1 amide bonds. The van der Waals surface area contributed by atoms with Gasteiger partial charge in [0.1, 0.15) is 0 Å². The van der Waals surface area contributed by atoms with E-state index in [4.69, 9.17) is 9.47 Å². The number of anilines is 1. The van der Waals surface area contributed by atoms with Crippen LogP contribution in [-0.4, -0.2) is 39.5 Å². The predicted molar refractivity (Wildman–Crippen MR) is 130 cm³/mol. The van der Waals surface area contributed by atoms with Crippen molar-refractivity contribution in [3.8, 4) is 28.6 Å². The van der Waals surface area contributed by atoms with E-state index >= 15 is 0 Å². The molecule has 3 aromatic carbocycles. The standard InChI is InChI=1S/C24H20N4O3S2/c1-32-21-10-6-5-9-18(21)25-22(29)14-33-24-27-26-23(28(24)17-7-3-2-4-8-17)16-11-12-19-20(13-16)31-15-30-19/h2-13H,14-15H2,1H3,(H,25,29). The highest BCUT2D eigenvalue weighted by Gasteiger charge is 2.20. The van der Waals surface area contributed by atoms with E-state index in [0.29, 0.717) is 22.5 Å². The summed E-state index contributed by atoms with van der Waals surface area (Å²) in [6.45, 7) is 0.208. The fraction of sp³-hybridized carbons (Fsp3) is 0.125. The lowest BCUT2D eigenvalue weighted by Gasteiger charge is -2.11. The van der Waals surface area contributed by atoms with E-state index in [9.17, 15) is 4.79 Å². The zero-order valence-electron chi connectivity index (χ0n) is 17.7. The molecule has 2 heterocycles. The lowest BCUT2D eigenvalue weighted by Crippen LogP contribution is -2.15. The van der Waals surface area contributed by atoms with E-state index in [-0.39, 0.29) is 18.5 Å². The quantitative estimate of drug-likeness (QED) is 0.371. The minimum absolute atomic E-state index is 0.103. The first-order chi connectivity index (χ1) is 16.2. The number of rotatable bonds is 7. The van der Waals surface area contributed by atoms with Gasteiger partial charge in [-0.25, -0.2) is 0 Å². The summed E-state index contributed by atoms with van der Waals surface area (Å²) in [6, 6.07) is 23.3. The van der Waals surface area contributed by atoms with Gasteiger partial charge in [0, 0.05) is 16.1 Å². The number of benzene rings is 3. The number of aromatic nitrogens is 3. The van der Waals surface area contributed by atoms with E-state index in [1.54, 1.807) is 11.8 Å². The molecule has 0 atom stereocenters. The van der Waals surface area contributed by atoms with Gasteiger partial charge >= 0.3 is 0 Å². The minimum atomic E-state index is -0.103. The number of carbonyl (C=O) groups is 1. The minimum Gasteiger partial charge on any atom is -0.454 e. The normalized spacial score (nSPS) is 12.0. The topological polar surface area (TPSA) is 78.3 Å². The van der Waals surface area contributed by atoms with Crippen LogP contribution in [0, 0.1) is 0 Å². The summed E-state index contributed by atoms with van der Waals surface area (Å²) >= 11 is 2.93. The smallest absolute Gasteiger partial charge is 0.234 e. The number of nitrogens with one attached hydrogen (secondary N) is 1. The summed E-state index contributed by atoms with van der Waals surface area (Å²) in [5, 5.41) is 12.4. The number of ether oxygens (including phenoxy) is 2. The molecular formula is C24H20N4O3S2. The molecule has 0 saturated carbocycles. The summed E-state index contributed by atoms with van der Waals surface area (Å²) in [7, 11) is 0. The van der Waals surface area contributed by atoms with Gasteiger partial charge in [-0.2, -0.15) is 0 Å². The van der Waals surface area contributed by atoms with Crippen molar-refractivity contribution in [2.75, 3.05) is 24.1 Å². The predicted octanol–water partition coefficient (Wildman–Crippen LogP) is 5.12. The summed E-state index contributed by atoms with van der Waals surface area (Å²) in [4.78, 5) is 13.7. The Morgan fingerprint density at radius 1 is 1.00 bits per heavy atom. The van der Waals surface area contributed by atoms with Gasteiger partial charge in [-0.15, -0.1) is 22.0 Å². The number of hydrogen-bond acceptors (Lipinski definition) is 7. The molecular weight excluding hydrogens is 456 g/mol. The number of carbonyl (C=O) groups excluding carboxylic acids is 1. The fourth-order valence-corrected chi connectivity index (χ4v) is 4.77. The van der Waals surface area contributed by atoms with Crippen LogP contribution in [0.1, 0.15) is 0 Å². The number of hydrogen-bond donors (Lipinski definition) is 1. The van der Waals surface area contributed by atoms with E-state index in [1.807, 2.05) is 83.6 Å². The maximum Gasteiger partial charge on any atom is 0.234 e. The Labute approximate surface area is 199 Å². The van der Waals surface area contributed by atoms with Crippen LogP contribution in [0.3, 0.4) is 0 Å². The van der Waals surface area contributed by atoms with E-state index in [0.717, 1.165) is 21.8 Å². The SMILES string of the molecule is CSc1ccccc1NC(=O)CSc1nnc(-c2ccc3c(c2)OCO3)n1-c1ccccc1. The molecule has 0 fully saturated rings. The zero-order chi connectivity index (χ0) is 22.6. The van der Waals surface area contributed by atoms with Gasteiger partial charge in [0.05, 0.1) is 11.4 Å². The van der Waals surface area contributed by atoms with Crippen LogP contribution >= 0.6 is 23.5 Å². The Bertz CT molecular complexity index is 1290. The largest absolute Gasteiger partial charge is 0.454 e. The van der Waals surface area contributed by atoms with Crippen molar-refractivity contribution >= 4 is 35.1 Å². The molecule has 0 spiro atoms. The highest BCUT2D eigenvalue weighted by Crippen LogP contribution is 2.37. The van der Waals surface area contributed by atoms with Gasteiger partial charge in [-0.3, -0.25) is 9.36 Å². The second kappa shape index (κ2) is 9.60. The third-order valence-electron chi connectivity index (χ3n) is 4.99. The molecule has 0 radical (unpaired) electrons. The Hall–Kier alpha value is -3.43. The molecule has 0 bridgehead atoms. The van der Waals surface area contributed by atoms with Crippen LogP contribution in [0.25, 0.3) is 17.1 Å². The average Bonchev–Trinajstić information content (AvgIpc) is 3.50. The van der Waals surface area contributed by atoms with Gasteiger partial charge in [-0.05, 0) is 48.7 Å². The lowest BCUT2D eigenvalue weighted by atomic mass is 10.2. The molecule has 5 rings (SSSR count). The Balaban J connectivity index is 1.41. The van der Waals surface area contributed by atoms with Gasteiger partial charge < -0.3 is 14.8 Å². The van der Waals surface area contributed by atoms with Gasteiger partial charge in [0.25, 0.3) is 0 Å². The van der Waals surface area contributed by atoms with Crippen LogP contribution in [-0.2, 0) is 4.79 Å². The van der Waals surface area contributed by atoms with Crippen molar-refractivity contribution in [3.63, 3.8) is 0 Å². The van der Waals surface area contributed by atoms with E-state index < -0.39 is 0 Å². The number of thioether (sulfide) groups is 2. The van der Waals surface area contributed by atoms with Crippen molar-refractivity contribution in [1.29, 1.82) is 0 Å². The van der Waals surface area contributed by atoms with Crippen LogP contribution < -0.4 is 14.8 Å². The van der Waals surface area contributed by atoms with Crippen LogP contribution in [0.4, 0.5) is 5.69 Å². The summed E-state index contributed by atoms with van der Waals surface area (Å²) < 4.78 is 12.9. The monoisotopic (exact) mass is 476 g/mol. The molecule has 0 saturated heterocycles. The van der Waals surface area contributed by atoms with Crippen LogP contribution in [0.15, 0.2) is 82.8 Å². The Morgan fingerprint density at radius 3 is 2.64 bits per heavy atom. The number of amides is 1. The lowest BCUT2D eigenvalue weighted by molar-refractivity contribution is -0.113. The highest BCUT2D eigenvalue weighted by atomic mass is 32.2. The van der Waals surface area contributed by atoms with Crippen molar-refractivity contribution in [2.24, 2.45) is 0 Å². The first-order valence-corrected chi connectivity index (χ1v) is 12.4. The molecule has 1 aliphatic heterocycles. The maximum absolute atomic E-state index is 12.7. The van der Waals surface area contributed by atoms with Crippen molar-refractivity contribution in [1.82, 2.24) is 14.8 Å². The third kappa shape index (κ3) is 4.55. The average molecular weight is 477 g/mol. The summed E-state index contributed by atoms with van der Waals surface area (Å²) in [6.07, 6.45) is 1.99. The first kappa shape index (κ1) is 21.4. The van der Waals surface area contributed by atoms with Crippen LogP contribution in [0.5, 0.6) is 11.5 Å².